The summed E-state index contributed by atoms with van der Waals surface area (Å²) in [6.07, 6.45) is 0.262. The van der Waals surface area contributed by atoms with E-state index in [0.29, 0.717) is 28.6 Å². The van der Waals surface area contributed by atoms with Crippen molar-refractivity contribution in [3.8, 4) is 5.75 Å². The van der Waals surface area contributed by atoms with E-state index in [1.807, 2.05) is 0 Å². The molecule has 0 saturated carbocycles. The molecule has 2 rings (SSSR count). The number of aromatic nitrogens is 1. The summed E-state index contributed by atoms with van der Waals surface area (Å²) in [5, 5.41) is 0.678. The first-order valence-electron chi connectivity index (χ1n) is 9.71. The summed E-state index contributed by atoms with van der Waals surface area (Å²) in [6.45, 7) is 15.9. The van der Waals surface area contributed by atoms with Gasteiger partial charge in [-0.1, -0.05) is 13.8 Å². The number of Topliss-reactive ketones (excluding diaryl/α,β-unsaturated/α-hetero) is 1. The van der Waals surface area contributed by atoms with E-state index < -0.39 is 17.1 Å². The second-order valence-corrected chi connectivity index (χ2v) is 8.86. The summed E-state index contributed by atoms with van der Waals surface area (Å²) in [5.74, 6) is 0.168. The first-order valence-corrected chi connectivity index (χ1v) is 9.71. The number of hydrogen-bond acceptors (Lipinski definition) is 5. The van der Waals surface area contributed by atoms with E-state index in [9.17, 15) is 14.4 Å². The molecular weight excluding hydrogens is 384 g/mol. The molecule has 0 fully saturated rings. The Morgan fingerprint density at radius 1 is 1.20 bits per heavy atom. The predicted octanol–water partition coefficient (Wildman–Crippen LogP) is 4.69. The van der Waals surface area contributed by atoms with Crippen LogP contribution in [0.2, 0.25) is 0 Å². The lowest BCUT2D eigenvalue weighted by molar-refractivity contribution is -0.114. The molecule has 0 aliphatic heterocycles. The molecule has 1 heterocycles. The summed E-state index contributed by atoms with van der Waals surface area (Å²) in [5.41, 5.74) is -0.435. The van der Waals surface area contributed by atoms with Crippen molar-refractivity contribution in [3.63, 3.8) is 0 Å². The maximum absolute atomic E-state index is 13.3. The molecule has 160 valence electrons. The van der Waals surface area contributed by atoms with Crippen molar-refractivity contribution in [2.24, 2.45) is 5.41 Å². The molecule has 0 amide bonds. The summed E-state index contributed by atoms with van der Waals surface area (Å²) >= 11 is 0. The van der Waals surface area contributed by atoms with Crippen molar-refractivity contribution in [1.29, 1.82) is 0 Å². The van der Waals surface area contributed by atoms with Gasteiger partial charge in [-0.2, -0.15) is 0 Å². The van der Waals surface area contributed by atoms with Crippen LogP contribution in [0, 0.1) is 12.0 Å². The molecule has 0 N–H and O–H groups in total. The first kappa shape index (κ1) is 23.1. The van der Waals surface area contributed by atoms with Crippen LogP contribution < -0.4 is 4.74 Å². The Labute approximate surface area is 176 Å². The molecule has 0 spiro atoms. The van der Waals surface area contributed by atoms with Crippen molar-refractivity contribution in [1.82, 2.24) is 4.57 Å². The van der Waals surface area contributed by atoms with Crippen molar-refractivity contribution in [2.45, 2.75) is 53.1 Å². The van der Waals surface area contributed by atoms with E-state index in [-0.39, 0.29) is 24.4 Å². The topological polar surface area (TPSA) is 79.0 Å². The van der Waals surface area contributed by atoms with E-state index in [4.69, 9.17) is 16.0 Å². The third-order valence-electron chi connectivity index (χ3n) is 4.53. The average molecular weight is 412 g/mol. The fourth-order valence-electron chi connectivity index (χ4n) is 3.21. The van der Waals surface area contributed by atoms with Crippen molar-refractivity contribution < 1.29 is 23.9 Å². The van der Waals surface area contributed by atoms with E-state index in [2.05, 4.69) is 4.85 Å². The number of hydrogen-bond donors (Lipinski definition) is 0. The third kappa shape index (κ3) is 5.07. The zero-order valence-electron chi connectivity index (χ0n) is 18.4. The molecule has 2 aromatic rings. The molecule has 1 aromatic heterocycles. The minimum atomic E-state index is -0.888. The van der Waals surface area contributed by atoms with Gasteiger partial charge in [-0.3, -0.25) is 4.79 Å². The van der Waals surface area contributed by atoms with Gasteiger partial charge in [0.25, 0.3) is 0 Å². The number of ketones is 1. The summed E-state index contributed by atoms with van der Waals surface area (Å²) in [7, 11) is 1.51. The summed E-state index contributed by atoms with van der Waals surface area (Å²) < 4.78 is 12.1. The monoisotopic (exact) mass is 412 g/mol. The molecule has 0 aliphatic carbocycles. The standard InChI is InChI=1S/C23H28N2O5/c1-22(2,3)30-21(28)25-18-12-15(29-7)8-9-16(18)17(10-11-24-6)20(25)19(27)13-23(4,5)14-26/h8-9,12,14H,10-11,13H2,1-5,7H3. The molecule has 0 radical (unpaired) electrons. The van der Waals surface area contributed by atoms with Crippen LogP contribution in [-0.2, 0) is 16.0 Å². The van der Waals surface area contributed by atoms with Crippen LogP contribution >= 0.6 is 0 Å². The van der Waals surface area contributed by atoms with Crippen LogP contribution in [0.5, 0.6) is 5.75 Å². The van der Waals surface area contributed by atoms with Gasteiger partial charge in [0.15, 0.2) is 5.78 Å². The molecular formula is C23H28N2O5. The second kappa shape index (κ2) is 8.70. The Morgan fingerprint density at radius 3 is 2.40 bits per heavy atom. The van der Waals surface area contributed by atoms with Gasteiger partial charge in [-0.25, -0.2) is 15.9 Å². The number of aldehydes is 1. The lowest BCUT2D eigenvalue weighted by Gasteiger charge is -2.22. The fourth-order valence-corrected chi connectivity index (χ4v) is 3.21. The highest BCUT2D eigenvalue weighted by Crippen LogP contribution is 2.33. The molecule has 30 heavy (non-hydrogen) atoms. The largest absolute Gasteiger partial charge is 0.497 e. The fraction of sp³-hybridized carbons (Fsp3) is 0.478. The van der Waals surface area contributed by atoms with Crippen molar-refractivity contribution in [2.75, 3.05) is 13.7 Å². The van der Waals surface area contributed by atoms with E-state index in [1.54, 1.807) is 52.8 Å². The molecule has 0 atom stereocenters. The Balaban J connectivity index is 2.82. The van der Waals surface area contributed by atoms with Gasteiger partial charge in [0.05, 0.1) is 18.3 Å². The van der Waals surface area contributed by atoms with Gasteiger partial charge in [-0.15, -0.1) is 0 Å². The van der Waals surface area contributed by atoms with E-state index in [0.717, 1.165) is 6.29 Å². The second-order valence-electron chi connectivity index (χ2n) is 8.86. The summed E-state index contributed by atoms with van der Waals surface area (Å²) in [6, 6.07) is 5.19. The van der Waals surface area contributed by atoms with Crippen LogP contribution in [0.4, 0.5) is 4.79 Å². The molecule has 7 heteroatoms. The Hall–Kier alpha value is -3.14. The normalized spacial score (nSPS) is 11.8. The van der Waals surface area contributed by atoms with Crippen molar-refractivity contribution in [3.05, 3.63) is 40.9 Å². The zero-order chi connectivity index (χ0) is 22.7. The zero-order valence-corrected chi connectivity index (χ0v) is 18.4. The minimum Gasteiger partial charge on any atom is -0.497 e. The molecule has 0 saturated heterocycles. The van der Waals surface area contributed by atoms with Gasteiger partial charge in [-0.05, 0) is 38.5 Å². The highest BCUT2D eigenvalue weighted by Gasteiger charge is 2.32. The highest BCUT2D eigenvalue weighted by molar-refractivity contribution is 6.08. The summed E-state index contributed by atoms with van der Waals surface area (Å²) in [4.78, 5) is 41.3. The minimum absolute atomic E-state index is 0.0717. The van der Waals surface area contributed by atoms with Crippen LogP contribution in [0.1, 0.15) is 57.1 Å². The van der Waals surface area contributed by atoms with Gasteiger partial charge in [0.2, 0.25) is 6.54 Å². The number of nitrogens with zero attached hydrogens (tertiary/aromatic N) is 2. The molecule has 0 bridgehead atoms. The predicted molar refractivity (Wildman–Crippen MR) is 114 cm³/mol. The van der Waals surface area contributed by atoms with Gasteiger partial charge >= 0.3 is 6.09 Å². The number of ether oxygens (including phenoxy) is 2. The lowest BCUT2D eigenvalue weighted by Crippen LogP contribution is -2.30. The van der Waals surface area contributed by atoms with Crippen LogP contribution in [0.3, 0.4) is 0 Å². The molecule has 0 aliphatic rings. The van der Waals surface area contributed by atoms with Crippen LogP contribution in [0.15, 0.2) is 18.2 Å². The molecule has 1 aromatic carbocycles. The van der Waals surface area contributed by atoms with Crippen LogP contribution in [-0.4, -0.2) is 42.0 Å². The maximum Gasteiger partial charge on any atom is 0.419 e. The number of methoxy groups -OCH3 is 1. The maximum atomic E-state index is 13.3. The average Bonchev–Trinajstić information content (AvgIpc) is 2.98. The van der Waals surface area contributed by atoms with Crippen molar-refractivity contribution >= 4 is 29.1 Å². The smallest absolute Gasteiger partial charge is 0.419 e. The van der Waals surface area contributed by atoms with Gasteiger partial charge in [0.1, 0.15) is 17.6 Å². The number of fused-ring (bicyclic) bond motifs is 1. The number of benzene rings is 1. The lowest BCUT2D eigenvalue weighted by atomic mass is 9.87. The SMILES string of the molecule is [C-]#[N+]CCc1c(C(=O)CC(C)(C)C=O)n(C(=O)OC(C)(C)C)c2cc(OC)ccc12. The number of carbonyl (C=O) groups is 3. The van der Waals surface area contributed by atoms with Gasteiger partial charge in [0, 0.05) is 29.7 Å². The highest BCUT2D eigenvalue weighted by atomic mass is 16.6. The first-order chi connectivity index (χ1) is 13.9. The van der Waals surface area contributed by atoms with Gasteiger partial charge < -0.3 is 19.1 Å². The quantitative estimate of drug-likeness (QED) is 0.374. The third-order valence-corrected chi connectivity index (χ3v) is 4.53. The molecule has 7 nitrogen and oxygen atoms in total. The van der Waals surface area contributed by atoms with Crippen LogP contribution in [0.25, 0.3) is 15.7 Å². The Kier molecular flexibility index (Phi) is 6.71. The number of carbonyl (C=O) groups excluding carboxylic acids is 3. The number of rotatable bonds is 7. The Morgan fingerprint density at radius 2 is 1.87 bits per heavy atom. The van der Waals surface area contributed by atoms with E-state index in [1.165, 1.54) is 11.7 Å². The molecule has 0 unspecified atom stereocenters. The Bertz CT molecular complexity index is 1020. The van der Waals surface area contributed by atoms with E-state index >= 15 is 0 Å².